The standard InChI is InChI=1S/C14H18BrN3/c1-2-3-4-7-17-13-6-5-12(16)11-8-10(15)9-18-14(11)13/h5-6,8-9,17H,2-4,7,16H2,1H3. The molecule has 2 rings (SSSR count). The number of halogens is 1. The third-order valence-electron chi connectivity index (χ3n) is 2.95. The third-order valence-corrected chi connectivity index (χ3v) is 3.38. The van der Waals surface area contributed by atoms with Gasteiger partial charge in [-0.3, -0.25) is 4.98 Å². The largest absolute Gasteiger partial charge is 0.398 e. The van der Waals surface area contributed by atoms with Gasteiger partial charge in [0, 0.05) is 28.3 Å². The summed E-state index contributed by atoms with van der Waals surface area (Å²) in [5, 5.41) is 4.43. The molecule has 2 aromatic rings. The van der Waals surface area contributed by atoms with Crippen LogP contribution in [0.25, 0.3) is 10.9 Å². The minimum Gasteiger partial charge on any atom is -0.398 e. The van der Waals surface area contributed by atoms with Crippen LogP contribution in [0.3, 0.4) is 0 Å². The number of unbranched alkanes of at least 4 members (excludes halogenated alkanes) is 2. The van der Waals surface area contributed by atoms with Crippen LogP contribution in [-0.4, -0.2) is 11.5 Å². The molecule has 0 fully saturated rings. The molecule has 0 aliphatic rings. The number of rotatable bonds is 5. The summed E-state index contributed by atoms with van der Waals surface area (Å²) in [6.07, 6.45) is 5.46. The molecule has 18 heavy (non-hydrogen) atoms. The summed E-state index contributed by atoms with van der Waals surface area (Å²) in [6.45, 7) is 3.18. The van der Waals surface area contributed by atoms with Gasteiger partial charge >= 0.3 is 0 Å². The van der Waals surface area contributed by atoms with Crippen molar-refractivity contribution in [2.75, 3.05) is 17.6 Å². The number of pyridine rings is 1. The zero-order valence-corrected chi connectivity index (χ0v) is 12.1. The highest BCUT2D eigenvalue weighted by Crippen LogP contribution is 2.28. The molecule has 4 heteroatoms. The molecular formula is C14H18BrN3. The van der Waals surface area contributed by atoms with Crippen LogP contribution >= 0.6 is 15.9 Å². The lowest BCUT2D eigenvalue weighted by Crippen LogP contribution is -2.03. The second-order valence-corrected chi connectivity index (χ2v) is 5.30. The first-order valence-corrected chi connectivity index (χ1v) is 7.09. The van der Waals surface area contributed by atoms with Crippen LogP contribution in [0.15, 0.2) is 28.9 Å². The van der Waals surface area contributed by atoms with Crippen molar-refractivity contribution in [1.82, 2.24) is 4.98 Å². The van der Waals surface area contributed by atoms with Gasteiger partial charge < -0.3 is 11.1 Å². The molecule has 3 N–H and O–H groups in total. The quantitative estimate of drug-likeness (QED) is 0.643. The molecule has 1 aromatic heterocycles. The number of aromatic nitrogens is 1. The van der Waals surface area contributed by atoms with Crippen molar-refractivity contribution < 1.29 is 0 Å². The smallest absolute Gasteiger partial charge is 0.0954 e. The SMILES string of the molecule is CCCCCNc1ccc(N)c2cc(Br)cnc12. The topological polar surface area (TPSA) is 50.9 Å². The number of nitrogens with one attached hydrogen (secondary N) is 1. The second-order valence-electron chi connectivity index (χ2n) is 4.39. The highest BCUT2D eigenvalue weighted by Gasteiger charge is 2.05. The van der Waals surface area contributed by atoms with E-state index in [4.69, 9.17) is 5.73 Å². The van der Waals surface area contributed by atoms with Gasteiger partial charge in [0.05, 0.1) is 11.2 Å². The Balaban J connectivity index is 2.25. The van der Waals surface area contributed by atoms with Gasteiger partial charge in [-0.15, -0.1) is 0 Å². The van der Waals surface area contributed by atoms with Gasteiger partial charge in [-0.05, 0) is 40.5 Å². The lowest BCUT2D eigenvalue weighted by atomic mass is 10.1. The molecule has 1 heterocycles. The molecule has 0 radical (unpaired) electrons. The van der Waals surface area contributed by atoms with E-state index in [9.17, 15) is 0 Å². The van der Waals surface area contributed by atoms with Crippen molar-refractivity contribution in [3.63, 3.8) is 0 Å². The van der Waals surface area contributed by atoms with Crippen LogP contribution in [0, 0.1) is 0 Å². The number of hydrogen-bond donors (Lipinski definition) is 2. The highest BCUT2D eigenvalue weighted by atomic mass is 79.9. The van der Waals surface area contributed by atoms with Gasteiger partial charge in [0.2, 0.25) is 0 Å². The predicted molar refractivity (Wildman–Crippen MR) is 81.9 cm³/mol. The van der Waals surface area contributed by atoms with Gasteiger partial charge in [0.1, 0.15) is 0 Å². The zero-order valence-electron chi connectivity index (χ0n) is 10.5. The molecular weight excluding hydrogens is 290 g/mol. The molecule has 0 saturated heterocycles. The van der Waals surface area contributed by atoms with Gasteiger partial charge in [0.15, 0.2) is 0 Å². The number of anilines is 2. The summed E-state index contributed by atoms with van der Waals surface area (Å²) in [5.41, 5.74) is 8.74. The molecule has 0 unspecified atom stereocenters. The Kier molecular flexibility index (Phi) is 4.42. The van der Waals surface area contributed by atoms with Crippen molar-refractivity contribution in [2.24, 2.45) is 0 Å². The fourth-order valence-electron chi connectivity index (χ4n) is 1.96. The Bertz CT molecular complexity index is 540. The monoisotopic (exact) mass is 307 g/mol. The summed E-state index contributed by atoms with van der Waals surface area (Å²) in [7, 11) is 0. The maximum Gasteiger partial charge on any atom is 0.0954 e. The van der Waals surface area contributed by atoms with Crippen LogP contribution < -0.4 is 11.1 Å². The molecule has 0 amide bonds. The molecule has 0 saturated carbocycles. The van der Waals surface area contributed by atoms with Gasteiger partial charge in [-0.25, -0.2) is 0 Å². The van der Waals surface area contributed by atoms with Crippen molar-refractivity contribution >= 4 is 38.2 Å². The van der Waals surface area contributed by atoms with Crippen molar-refractivity contribution in [3.05, 3.63) is 28.9 Å². The number of benzene rings is 1. The summed E-state index contributed by atoms with van der Waals surface area (Å²) < 4.78 is 0.949. The van der Waals surface area contributed by atoms with Crippen molar-refractivity contribution in [3.8, 4) is 0 Å². The number of fused-ring (bicyclic) bond motifs is 1. The Labute approximate surface area is 116 Å². The van der Waals surface area contributed by atoms with Crippen LogP contribution in [0.4, 0.5) is 11.4 Å². The summed E-state index contributed by atoms with van der Waals surface area (Å²) in [4.78, 5) is 4.45. The lowest BCUT2D eigenvalue weighted by Gasteiger charge is -2.10. The minimum absolute atomic E-state index is 0.762. The molecule has 96 valence electrons. The number of nitrogen functional groups attached to an aromatic ring is 1. The highest BCUT2D eigenvalue weighted by molar-refractivity contribution is 9.10. The molecule has 0 spiro atoms. The van der Waals surface area contributed by atoms with E-state index in [-0.39, 0.29) is 0 Å². The van der Waals surface area contributed by atoms with Crippen LogP contribution in [0.1, 0.15) is 26.2 Å². The fraction of sp³-hybridized carbons (Fsp3) is 0.357. The van der Waals surface area contributed by atoms with Crippen molar-refractivity contribution in [1.29, 1.82) is 0 Å². The first kappa shape index (κ1) is 13.1. The second kappa shape index (κ2) is 6.05. The number of hydrogen-bond acceptors (Lipinski definition) is 3. The van der Waals surface area contributed by atoms with E-state index in [2.05, 4.69) is 33.2 Å². The number of nitrogens with two attached hydrogens (primary N) is 1. The molecule has 3 nitrogen and oxygen atoms in total. The van der Waals surface area contributed by atoms with Gasteiger partial charge in [0.25, 0.3) is 0 Å². The fourth-order valence-corrected chi connectivity index (χ4v) is 2.29. The minimum atomic E-state index is 0.762. The Morgan fingerprint density at radius 2 is 2.17 bits per heavy atom. The molecule has 0 aliphatic carbocycles. The molecule has 0 atom stereocenters. The lowest BCUT2D eigenvalue weighted by molar-refractivity contribution is 0.744. The van der Waals surface area contributed by atoms with Crippen LogP contribution in [0.5, 0.6) is 0 Å². The normalized spacial score (nSPS) is 10.8. The first-order valence-electron chi connectivity index (χ1n) is 6.30. The van der Waals surface area contributed by atoms with E-state index >= 15 is 0 Å². The van der Waals surface area contributed by atoms with E-state index in [0.29, 0.717) is 0 Å². The maximum atomic E-state index is 5.98. The first-order chi connectivity index (χ1) is 8.72. The molecule has 0 bridgehead atoms. The van der Waals surface area contributed by atoms with Crippen LogP contribution in [-0.2, 0) is 0 Å². The Morgan fingerprint density at radius 3 is 2.94 bits per heavy atom. The molecule has 1 aromatic carbocycles. The summed E-state index contributed by atoms with van der Waals surface area (Å²) in [6, 6.07) is 5.94. The van der Waals surface area contributed by atoms with E-state index in [0.717, 1.165) is 33.3 Å². The van der Waals surface area contributed by atoms with E-state index < -0.39 is 0 Å². The Hall–Kier alpha value is -1.29. The van der Waals surface area contributed by atoms with Gasteiger partial charge in [-0.2, -0.15) is 0 Å². The average Bonchev–Trinajstić information content (AvgIpc) is 2.37. The van der Waals surface area contributed by atoms with Crippen molar-refractivity contribution in [2.45, 2.75) is 26.2 Å². The van der Waals surface area contributed by atoms with E-state index in [1.54, 1.807) is 6.20 Å². The Morgan fingerprint density at radius 1 is 1.33 bits per heavy atom. The average molecular weight is 308 g/mol. The molecule has 0 aliphatic heterocycles. The number of nitrogens with zero attached hydrogens (tertiary/aromatic N) is 1. The van der Waals surface area contributed by atoms with Crippen LogP contribution in [0.2, 0.25) is 0 Å². The maximum absolute atomic E-state index is 5.98. The van der Waals surface area contributed by atoms with E-state index in [1.165, 1.54) is 19.3 Å². The van der Waals surface area contributed by atoms with Gasteiger partial charge in [-0.1, -0.05) is 19.8 Å². The zero-order chi connectivity index (χ0) is 13.0. The third kappa shape index (κ3) is 2.93. The summed E-state index contributed by atoms with van der Waals surface area (Å²) in [5.74, 6) is 0. The van der Waals surface area contributed by atoms with E-state index in [1.807, 2.05) is 18.2 Å². The summed E-state index contributed by atoms with van der Waals surface area (Å²) >= 11 is 3.43. The predicted octanol–water partition coefficient (Wildman–Crippen LogP) is 4.18.